The molecule has 1 atom stereocenters. The molecule has 1 unspecified atom stereocenters. The van der Waals surface area contributed by atoms with Gasteiger partial charge in [0, 0.05) is 12.5 Å². The van der Waals surface area contributed by atoms with Crippen LogP contribution in [0.5, 0.6) is 0 Å². The molecule has 0 aliphatic rings. The molecule has 0 aromatic heterocycles. The summed E-state index contributed by atoms with van der Waals surface area (Å²) in [7, 11) is 0. The van der Waals surface area contributed by atoms with Crippen molar-refractivity contribution >= 4 is 12.1 Å². The van der Waals surface area contributed by atoms with E-state index < -0.39 is 17.7 Å². The van der Waals surface area contributed by atoms with Crippen LogP contribution in [0.1, 0.15) is 60.8 Å². The average Bonchev–Trinajstić information content (AvgIpc) is 2.10. The highest BCUT2D eigenvalue weighted by Crippen LogP contribution is 2.24. The summed E-state index contributed by atoms with van der Waals surface area (Å²) in [4.78, 5) is 22.3. The number of nitrogens with one attached hydrogen (secondary N) is 1. The van der Waals surface area contributed by atoms with Crippen molar-refractivity contribution in [3.05, 3.63) is 0 Å². The fraction of sp³-hybridized carbons (Fsp3) is 0.857. The van der Waals surface area contributed by atoms with Crippen LogP contribution in [0.4, 0.5) is 4.79 Å². The molecule has 0 radical (unpaired) electrons. The normalized spacial score (nSPS) is 13.8. The van der Waals surface area contributed by atoms with E-state index in [-0.39, 0.29) is 17.9 Å². The second-order valence-electron chi connectivity index (χ2n) is 6.85. The maximum absolute atomic E-state index is 11.8. The van der Waals surface area contributed by atoms with Gasteiger partial charge in [0.25, 0.3) is 0 Å². The van der Waals surface area contributed by atoms with E-state index in [1.807, 2.05) is 41.5 Å². The van der Waals surface area contributed by atoms with Crippen LogP contribution in [0.25, 0.3) is 0 Å². The van der Waals surface area contributed by atoms with Gasteiger partial charge in [-0.05, 0) is 39.0 Å². The third-order valence-electron chi connectivity index (χ3n) is 2.62. The highest BCUT2D eigenvalue weighted by atomic mass is 16.6. The molecule has 0 spiro atoms. The molecule has 0 saturated heterocycles. The summed E-state index contributed by atoms with van der Waals surface area (Å²) in [6.07, 6.45) is 0.813. The molecule has 2 N–H and O–H groups in total. The lowest BCUT2D eigenvalue weighted by atomic mass is 9.84. The monoisotopic (exact) mass is 273 g/mol. The molecule has 19 heavy (non-hydrogen) atoms. The van der Waals surface area contributed by atoms with Crippen LogP contribution in [0, 0.1) is 5.41 Å². The van der Waals surface area contributed by atoms with Gasteiger partial charge < -0.3 is 15.2 Å². The Hall–Kier alpha value is -1.26. The van der Waals surface area contributed by atoms with Crippen LogP contribution in [0.3, 0.4) is 0 Å². The predicted molar refractivity (Wildman–Crippen MR) is 74.1 cm³/mol. The number of amides is 1. The topological polar surface area (TPSA) is 75.6 Å². The lowest BCUT2D eigenvalue weighted by Gasteiger charge is -2.32. The van der Waals surface area contributed by atoms with Crippen molar-refractivity contribution in [1.82, 2.24) is 5.32 Å². The van der Waals surface area contributed by atoms with Gasteiger partial charge in [-0.2, -0.15) is 0 Å². The lowest BCUT2D eigenvalue weighted by molar-refractivity contribution is -0.137. The molecule has 0 rings (SSSR count). The van der Waals surface area contributed by atoms with Crippen molar-refractivity contribution in [2.45, 2.75) is 72.4 Å². The zero-order valence-corrected chi connectivity index (χ0v) is 12.9. The van der Waals surface area contributed by atoms with E-state index in [0.717, 1.165) is 0 Å². The molecular formula is C14H27NO4. The lowest BCUT2D eigenvalue weighted by Crippen LogP contribution is -2.45. The van der Waals surface area contributed by atoms with Crippen LogP contribution >= 0.6 is 0 Å². The SMILES string of the molecule is CC(C)(C)OC(=O)NC(CCCC(=O)O)C(C)(C)C. The fourth-order valence-electron chi connectivity index (χ4n) is 1.63. The number of alkyl carbamates (subject to hydrolysis) is 1. The van der Waals surface area contributed by atoms with E-state index in [9.17, 15) is 9.59 Å². The molecule has 0 aromatic carbocycles. The van der Waals surface area contributed by atoms with E-state index in [2.05, 4.69) is 5.32 Å². The van der Waals surface area contributed by atoms with Gasteiger partial charge in [-0.1, -0.05) is 20.8 Å². The van der Waals surface area contributed by atoms with Crippen molar-refractivity contribution in [2.24, 2.45) is 5.41 Å². The number of aliphatic carboxylic acids is 1. The molecule has 5 heteroatoms. The number of carbonyl (C=O) groups excluding carboxylic acids is 1. The fourth-order valence-corrected chi connectivity index (χ4v) is 1.63. The quantitative estimate of drug-likeness (QED) is 0.806. The zero-order chi connectivity index (χ0) is 15.3. The van der Waals surface area contributed by atoms with Crippen LogP contribution in [-0.2, 0) is 9.53 Å². The maximum atomic E-state index is 11.8. The number of hydrogen-bond acceptors (Lipinski definition) is 3. The summed E-state index contributed by atoms with van der Waals surface area (Å²) >= 11 is 0. The van der Waals surface area contributed by atoms with E-state index in [1.165, 1.54) is 0 Å². The van der Waals surface area contributed by atoms with Gasteiger partial charge >= 0.3 is 12.1 Å². The van der Waals surface area contributed by atoms with Crippen molar-refractivity contribution in [1.29, 1.82) is 0 Å². The van der Waals surface area contributed by atoms with Gasteiger partial charge in [-0.25, -0.2) is 4.79 Å². The Morgan fingerprint density at radius 2 is 1.68 bits per heavy atom. The summed E-state index contributed by atoms with van der Waals surface area (Å²) in [5, 5.41) is 11.5. The number of hydrogen-bond donors (Lipinski definition) is 2. The van der Waals surface area contributed by atoms with Crippen LogP contribution < -0.4 is 5.32 Å². The van der Waals surface area contributed by atoms with Crippen LogP contribution in [-0.4, -0.2) is 28.8 Å². The number of rotatable bonds is 5. The Morgan fingerprint density at radius 3 is 2.05 bits per heavy atom. The predicted octanol–water partition coefficient (Wildman–Crippen LogP) is 3.18. The molecular weight excluding hydrogens is 246 g/mol. The van der Waals surface area contributed by atoms with Gasteiger partial charge in [0.1, 0.15) is 5.60 Å². The number of carboxylic acid groups (broad SMARTS) is 1. The molecule has 1 amide bonds. The molecule has 0 aliphatic heterocycles. The highest BCUT2D eigenvalue weighted by Gasteiger charge is 2.28. The Morgan fingerprint density at radius 1 is 1.16 bits per heavy atom. The average molecular weight is 273 g/mol. The van der Waals surface area contributed by atoms with E-state index in [4.69, 9.17) is 9.84 Å². The molecule has 0 aromatic rings. The van der Waals surface area contributed by atoms with Crippen molar-refractivity contribution < 1.29 is 19.4 Å². The highest BCUT2D eigenvalue weighted by molar-refractivity contribution is 5.68. The molecule has 0 fully saturated rings. The Kier molecular flexibility index (Phi) is 6.33. The Balaban J connectivity index is 4.44. The van der Waals surface area contributed by atoms with Gasteiger partial charge in [-0.15, -0.1) is 0 Å². The molecule has 0 aliphatic carbocycles. The second-order valence-corrected chi connectivity index (χ2v) is 6.85. The minimum atomic E-state index is -0.815. The molecule has 112 valence electrons. The Bertz CT molecular complexity index is 312. The van der Waals surface area contributed by atoms with Gasteiger partial charge in [0.2, 0.25) is 0 Å². The van der Waals surface area contributed by atoms with Crippen molar-refractivity contribution in [3.63, 3.8) is 0 Å². The van der Waals surface area contributed by atoms with Crippen molar-refractivity contribution in [2.75, 3.05) is 0 Å². The standard InChI is InChI=1S/C14H27NO4/c1-13(2,3)10(8-7-9-11(16)17)15-12(18)19-14(4,5)6/h10H,7-9H2,1-6H3,(H,15,18)(H,16,17). The zero-order valence-electron chi connectivity index (χ0n) is 12.9. The first kappa shape index (κ1) is 17.7. The summed E-state index contributed by atoms with van der Waals surface area (Å²) < 4.78 is 5.22. The minimum absolute atomic E-state index is 0.110. The summed E-state index contributed by atoms with van der Waals surface area (Å²) in [5.74, 6) is -0.815. The first-order valence-corrected chi connectivity index (χ1v) is 6.63. The molecule has 0 heterocycles. The number of ether oxygens (including phenoxy) is 1. The third kappa shape index (κ3) is 9.33. The maximum Gasteiger partial charge on any atom is 0.407 e. The van der Waals surface area contributed by atoms with Crippen LogP contribution in [0.2, 0.25) is 0 Å². The largest absolute Gasteiger partial charge is 0.481 e. The molecule has 0 bridgehead atoms. The summed E-state index contributed by atoms with van der Waals surface area (Å²) in [5.41, 5.74) is -0.678. The number of carboxylic acids is 1. The van der Waals surface area contributed by atoms with Gasteiger partial charge in [0.05, 0.1) is 0 Å². The minimum Gasteiger partial charge on any atom is -0.481 e. The van der Waals surface area contributed by atoms with Gasteiger partial charge in [-0.3, -0.25) is 4.79 Å². The number of carbonyl (C=O) groups is 2. The van der Waals surface area contributed by atoms with E-state index in [0.29, 0.717) is 12.8 Å². The summed E-state index contributed by atoms with van der Waals surface area (Å²) in [6, 6.07) is -0.110. The Labute approximate surface area is 115 Å². The molecule has 0 saturated carbocycles. The first-order chi connectivity index (χ1) is 8.42. The van der Waals surface area contributed by atoms with Crippen molar-refractivity contribution in [3.8, 4) is 0 Å². The summed E-state index contributed by atoms with van der Waals surface area (Å²) in [6.45, 7) is 11.5. The smallest absolute Gasteiger partial charge is 0.407 e. The molecule has 5 nitrogen and oxygen atoms in total. The van der Waals surface area contributed by atoms with Crippen LogP contribution in [0.15, 0.2) is 0 Å². The second kappa shape index (κ2) is 6.78. The third-order valence-corrected chi connectivity index (χ3v) is 2.62. The van der Waals surface area contributed by atoms with E-state index in [1.54, 1.807) is 0 Å². The van der Waals surface area contributed by atoms with E-state index >= 15 is 0 Å². The first-order valence-electron chi connectivity index (χ1n) is 6.63. The van der Waals surface area contributed by atoms with Gasteiger partial charge in [0.15, 0.2) is 0 Å².